The molecule has 0 unspecified atom stereocenters. The fourth-order valence-electron chi connectivity index (χ4n) is 5.00. The lowest BCUT2D eigenvalue weighted by atomic mass is 9.91. The summed E-state index contributed by atoms with van der Waals surface area (Å²) < 4.78 is 0. The van der Waals surface area contributed by atoms with Gasteiger partial charge in [0.25, 0.3) is 0 Å². The van der Waals surface area contributed by atoms with Crippen molar-refractivity contribution in [1.29, 1.82) is 0 Å². The van der Waals surface area contributed by atoms with Crippen molar-refractivity contribution in [3.63, 3.8) is 0 Å². The Hall–Kier alpha value is -4.82. The van der Waals surface area contributed by atoms with E-state index in [4.69, 9.17) is 9.98 Å². The van der Waals surface area contributed by atoms with Crippen LogP contribution in [0.5, 0.6) is 0 Å². The average Bonchev–Trinajstić information content (AvgIpc) is 2.96. The first-order valence-electron chi connectivity index (χ1n) is 12.9. The fraction of sp³-hybridized carbons (Fsp3) is 0.0556. The number of hydrogen-bond donors (Lipinski definition) is 0. The molecule has 0 saturated carbocycles. The zero-order valence-corrected chi connectivity index (χ0v) is 21.6. The molecule has 0 fully saturated rings. The van der Waals surface area contributed by atoms with E-state index in [2.05, 4.69) is 135 Å². The molecule has 6 aromatic carbocycles. The molecular weight excluding hydrogens is 460 g/mol. The number of rotatable bonds is 5. The molecule has 0 aromatic heterocycles. The minimum absolute atomic E-state index is 0.927. The second-order valence-corrected chi connectivity index (χ2v) is 9.59. The van der Waals surface area contributed by atoms with Gasteiger partial charge in [-0.05, 0) is 69.8 Å². The van der Waals surface area contributed by atoms with Crippen molar-refractivity contribution in [1.82, 2.24) is 0 Å². The molecule has 0 spiro atoms. The third-order valence-corrected chi connectivity index (χ3v) is 7.13. The summed E-state index contributed by atoms with van der Waals surface area (Å²) in [6.07, 6.45) is 3.95. The molecule has 0 saturated heterocycles. The van der Waals surface area contributed by atoms with Crippen molar-refractivity contribution in [2.45, 2.75) is 13.8 Å². The number of fused-ring (bicyclic) bond motifs is 2. The Morgan fingerprint density at radius 1 is 0.421 bits per heavy atom. The second-order valence-electron chi connectivity index (χ2n) is 9.59. The summed E-state index contributed by atoms with van der Waals surface area (Å²) in [5.74, 6) is 0. The zero-order chi connectivity index (χ0) is 25.9. The van der Waals surface area contributed by atoms with Gasteiger partial charge in [0.2, 0.25) is 0 Å². The Bertz CT molecular complexity index is 1710. The van der Waals surface area contributed by atoms with E-state index >= 15 is 0 Å². The molecule has 0 aliphatic heterocycles. The van der Waals surface area contributed by atoms with Gasteiger partial charge in [0, 0.05) is 23.6 Å². The lowest BCUT2D eigenvalue weighted by Crippen LogP contribution is -1.90. The highest BCUT2D eigenvalue weighted by molar-refractivity contribution is 6.13. The second kappa shape index (κ2) is 10.3. The molecule has 0 atom stereocenters. The Balaban J connectivity index is 1.64. The van der Waals surface area contributed by atoms with Gasteiger partial charge in [-0.3, -0.25) is 9.98 Å². The molecule has 0 aliphatic rings. The van der Waals surface area contributed by atoms with Gasteiger partial charge >= 0.3 is 0 Å². The number of hydrogen-bond acceptors (Lipinski definition) is 2. The molecule has 0 aliphatic carbocycles. The molecule has 0 bridgehead atoms. The van der Waals surface area contributed by atoms with Crippen LogP contribution in [0.4, 0.5) is 11.4 Å². The molecule has 0 N–H and O–H groups in total. The maximum Gasteiger partial charge on any atom is 0.0715 e. The van der Waals surface area contributed by atoms with E-state index in [9.17, 15) is 0 Å². The summed E-state index contributed by atoms with van der Waals surface area (Å²) in [6, 6.07) is 42.3. The van der Waals surface area contributed by atoms with Crippen molar-refractivity contribution in [2.24, 2.45) is 9.98 Å². The SMILES string of the molecule is Cc1ccccc1C=Nc1ccc2ccccc2c1-c1c(N=Cc2ccccc2C)ccc2ccccc12. The van der Waals surface area contributed by atoms with E-state index in [-0.39, 0.29) is 0 Å². The monoisotopic (exact) mass is 488 g/mol. The van der Waals surface area contributed by atoms with Crippen molar-refractivity contribution in [3.8, 4) is 11.1 Å². The van der Waals surface area contributed by atoms with Crippen LogP contribution in [0.2, 0.25) is 0 Å². The molecule has 2 heteroatoms. The van der Waals surface area contributed by atoms with Crippen LogP contribution in [0.25, 0.3) is 32.7 Å². The number of nitrogens with zero attached hydrogens (tertiary/aromatic N) is 2. The molecule has 182 valence electrons. The van der Waals surface area contributed by atoms with Crippen LogP contribution in [0, 0.1) is 13.8 Å². The summed E-state index contributed by atoms with van der Waals surface area (Å²) in [7, 11) is 0. The number of aliphatic imine (C=N–C) groups is 2. The lowest BCUT2D eigenvalue weighted by Gasteiger charge is -2.16. The summed E-state index contributed by atoms with van der Waals surface area (Å²) >= 11 is 0. The standard InChI is InChI=1S/C36H28N2/c1-25-11-3-5-15-29(25)23-37-33-21-19-27-13-7-9-17-31(27)35(33)36-32-18-10-8-14-28(32)20-22-34(36)38-24-30-16-6-4-12-26(30)2/h3-24H,1-2H3. The van der Waals surface area contributed by atoms with Gasteiger partial charge in [0.1, 0.15) is 0 Å². The molecule has 6 aromatic rings. The largest absolute Gasteiger partial charge is 0.256 e. The first-order valence-corrected chi connectivity index (χ1v) is 12.9. The molecule has 0 radical (unpaired) electrons. The summed E-state index contributed by atoms with van der Waals surface area (Å²) in [5, 5.41) is 4.68. The Morgan fingerprint density at radius 2 is 0.816 bits per heavy atom. The van der Waals surface area contributed by atoms with E-state index in [1.165, 1.54) is 21.9 Å². The third kappa shape index (κ3) is 4.53. The van der Waals surface area contributed by atoms with Crippen molar-refractivity contribution in [3.05, 3.63) is 144 Å². The zero-order valence-electron chi connectivity index (χ0n) is 21.6. The van der Waals surface area contributed by atoms with E-state index < -0.39 is 0 Å². The van der Waals surface area contributed by atoms with Crippen molar-refractivity contribution in [2.75, 3.05) is 0 Å². The third-order valence-electron chi connectivity index (χ3n) is 7.13. The van der Waals surface area contributed by atoms with E-state index in [1.807, 2.05) is 12.4 Å². The molecular formula is C36H28N2. The van der Waals surface area contributed by atoms with Crippen molar-refractivity contribution >= 4 is 45.3 Å². The summed E-state index contributed by atoms with van der Waals surface area (Å²) in [4.78, 5) is 10.1. The van der Waals surface area contributed by atoms with E-state index in [0.29, 0.717) is 0 Å². The molecule has 0 amide bonds. The van der Waals surface area contributed by atoms with Crippen LogP contribution in [0.1, 0.15) is 22.3 Å². The molecule has 2 nitrogen and oxygen atoms in total. The minimum atomic E-state index is 0.927. The van der Waals surface area contributed by atoms with Gasteiger partial charge in [0.05, 0.1) is 11.4 Å². The van der Waals surface area contributed by atoms with E-state index in [1.54, 1.807) is 0 Å². The van der Waals surface area contributed by atoms with Gasteiger partial charge in [0.15, 0.2) is 0 Å². The summed E-state index contributed by atoms with van der Waals surface area (Å²) in [6.45, 7) is 4.23. The van der Waals surface area contributed by atoms with Crippen LogP contribution in [0.15, 0.2) is 131 Å². The lowest BCUT2D eigenvalue weighted by molar-refractivity contribution is 1.43. The van der Waals surface area contributed by atoms with Crippen molar-refractivity contribution < 1.29 is 0 Å². The predicted octanol–water partition coefficient (Wildman–Crippen LogP) is 9.78. The average molecular weight is 489 g/mol. The van der Waals surface area contributed by atoms with Crippen LogP contribution in [0.3, 0.4) is 0 Å². The Labute approximate surface area is 223 Å². The predicted molar refractivity (Wildman–Crippen MR) is 164 cm³/mol. The van der Waals surface area contributed by atoms with Crippen LogP contribution < -0.4 is 0 Å². The fourth-order valence-corrected chi connectivity index (χ4v) is 5.00. The smallest absolute Gasteiger partial charge is 0.0715 e. The molecule has 6 rings (SSSR count). The van der Waals surface area contributed by atoms with Gasteiger partial charge in [-0.25, -0.2) is 0 Å². The maximum absolute atomic E-state index is 5.07. The highest BCUT2D eigenvalue weighted by Crippen LogP contribution is 2.45. The number of benzene rings is 6. The highest BCUT2D eigenvalue weighted by Gasteiger charge is 2.16. The van der Waals surface area contributed by atoms with Gasteiger partial charge in [-0.15, -0.1) is 0 Å². The van der Waals surface area contributed by atoms with Gasteiger partial charge in [-0.1, -0.05) is 109 Å². The maximum atomic E-state index is 5.07. The van der Waals surface area contributed by atoms with Crippen LogP contribution >= 0.6 is 0 Å². The Kier molecular flexibility index (Phi) is 6.37. The van der Waals surface area contributed by atoms with E-state index in [0.717, 1.165) is 44.4 Å². The highest BCUT2D eigenvalue weighted by atomic mass is 14.7. The topological polar surface area (TPSA) is 24.7 Å². The van der Waals surface area contributed by atoms with Crippen LogP contribution in [-0.2, 0) is 0 Å². The number of aryl methyl sites for hydroxylation is 2. The quantitative estimate of drug-likeness (QED) is 0.216. The molecule has 0 heterocycles. The normalized spacial score (nSPS) is 11.7. The van der Waals surface area contributed by atoms with Gasteiger partial charge in [-0.2, -0.15) is 0 Å². The minimum Gasteiger partial charge on any atom is -0.256 e. The van der Waals surface area contributed by atoms with Gasteiger partial charge < -0.3 is 0 Å². The Morgan fingerprint density at radius 3 is 1.26 bits per heavy atom. The molecule has 38 heavy (non-hydrogen) atoms. The van der Waals surface area contributed by atoms with Crippen LogP contribution in [-0.4, -0.2) is 12.4 Å². The first-order chi connectivity index (χ1) is 18.7. The summed E-state index contributed by atoms with van der Waals surface area (Å²) in [5.41, 5.74) is 8.68. The first kappa shape index (κ1) is 23.6.